The van der Waals surface area contributed by atoms with Crippen LogP contribution in [0.3, 0.4) is 0 Å². The summed E-state index contributed by atoms with van der Waals surface area (Å²) in [5.41, 5.74) is 1.52. The highest BCUT2D eigenvalue weighted by molar-refractivity contribution is 9.10. The maximum absolute atomic E-state index is 13.1. The van der Waals surface area contributed by atoms with Crippen LogP contribution in [0.4, 0.5) is 5.69 Å². The Morgan fingerprint density at radius 1 is 1.04 bits per heavy atom. The summed E-state index contributed by atoms with van der Waals surface area (Å²) in [6.07, 6.45) is 1.62. The minimum atomic E-state index is -0.221. The fraction of sp³-hybridized carbons (Fsp3) is 0.143. The van der Waals surface area contributed by atoms with Crippen molar-refractivity contribution < 1.29 is 9.53 Å². The average molecular weight is 427 g/mol. The van der Waals surface area contributed by atoms with Gasteiger partial charge in [0.1, 0.15) is 12.3 Å². The first-order valence-corrected chi connectivity index (χ1v) is 9.20. The molecule has 0 saturated heterocycles. The van der Waals surface area contributed by atoms with Gasteiger partial charge in [-0.05, 0) is 51.8 Å². The van der Waals surface area contributed by atoms with Crippen molar-refractivity contribution in [2.75, 3.05) is 12.0 Å². The van der Waals surface area contributed by atoms with E-state index in [-0.39, 0.29) is 18.0 Å². The molecular formula is C21H19BrN2O3. The van der Waals surface area contributed by atoms with Crippen LogP contribution in [-0.4, -0.2) is 17.6 Å². The van der Waals surface area contributed by atoms with Gasteiger partial charge in [-0.1, -0.05) is 30.3 Å². The fourth-order valence-corrected chi connectivity index (χ4v) is 3.09. The van der Waals surface area contributed by atoms with Crippen LogP contribution in [0.15, 0.2) is 82.2 Å². The third kappa shape index (κ3) is 4.86. The number of benzene rings is 2. The summed E-state index contributed by atoms with van der Waals surface area (Å²) in [4.78, 5) is 26.8. The van der Waals surface area contributed by atoms with E-state index in [1.165, 1.54) is 10.6 Å². The molecule has 138 valence electrons. The second-order valence-corrected chi connectivity index (χ2v) is 6.89. The van der Waals surface area contributed by atoms with Crippen LogP contribution >= 0.6 is 15.9 Å². The highest BCUT2D eigenvalue weighted by atomic mass is 79.9. The molecule has 1 aromatic heterocycles. The van der Waals surface area contributed by atoms with E-state index in [2.05, 4.69) is 15.9 Å². The Morgan fingerprint density at radius 3 is 2.41 bits per heavy atom. The van der Waals surface area contributed by atoms with Crippen molar-refractivity contribution >= 4 is 27.5 Å². The first-order chi connectivity index (χ1) is 13.1. The minimum absolute atomic E-state index is 0.0445. The van der Waals surface area contributed by atoms with Gasteiger partial charge in [-0.2, -0.15) is 0 Å². The summed E-state index contributed by atoms with van der Waals surface area (Å²) < 4.78 is 7.34. The molecule has 1 amide bonds. The molecule has 6 heteroatoms. The third-order valence-electron chi connectivity index (χ3n) is 4.12. The van der Waals surface area contributed by atoms with Crippen molar-refractivity contribution in [1.82, 2.24) is 4.57 Å². The van der Waals surface area contributed by atoms with Gasteiger partial charge in [0.15, 0.2) is 0 Å². The van der Waals surface area contributed by atoms with Gasteiger partial charge in [-0.15, -0.1) is 0 Å². The lowest BCUT2D eigenvalue weighted by Crippen LogP contribution is -2.36. The molecule has 5 nitrogen and oxygen atoms in total. The van der Waals surface area contributed by atoms with Crippen LogP contribution in [0.5, 0.6) is 5.75 Å². The maximum atomic E-state index is 13.1. The Morgan fingerprint density at radius 2 is 1.74 bits per heavy atom. The smallest absolute Gasteiger partial charge is 0.251 e. The van der Waals surface area contributed by atoms with Crippen LogP contribution in [-0.2, 0) is 17.9 Å². The van der Waals surface area contributed by atoms with Gasteiger partial charge in [0, 0.05) is 22.4 Å². The zero-order chi connectivity index (χ0) is 19.2. The van der Waals surface area contributed by atoms with Crippen molar-refractivity contribution in [1.29, 1.82) is 0 Å². The van der Waals surface area contributed by atoms with Crippen LogP contribution < -0.4 is 15.2 Å². The summed E-state index contributed by atoms with van der Waals surface area (Å²) >= 11 is 3.34. The average Bonchev–Trinajstić information content (AvgIpc) is 2.70. The second-order valence-electron chi connectivity index (χ2n) is 5.98. The molecule has 0 unspecified atom stereocenters. The number of carbonyl (C=O) groups excluding carboxylic acids is 1. The minimum Gasteiger partial charge on any atom is -0.497 e. The first-order valence-electron chi connectivity index (χ1n) is 8.41. The highest BCUT2D eigenvalue weighted by Crippen LogP contribution is 2.22. The maximum Gasteiger partial charge on any atom is 0.251 e. The molecule has 0 bridgehead atoms. The summed E-state index contributed by atoms with van der Waals surface area (Å²) in [6.45, 7) is 0.367. The number of aromatic nitrogens is 1. The monoisotopic (exact) mass is 426 g/mol. The zero-order valence-electron chi connectivity index (χ0n) is 14.8. The van der Waals surface area contributed by atoms with E-state index in [4.69, 9.17) is 4.74 Å². The van der Waals surface area contributed by atoms with E-state index in [1.54, 1.807) is 24.3 Å². The van der Waals surface area contributed by atoms with E-state index in [0.717, 1.165) is 15.7 Å². The number of carbonyl (C=O) groups is 1. The predicted molar refractivity (Wildman–Crippen MR) is 109 cm³/mol. The van der Waals surface area contributed by atoms with Crippen molar-refractivity contribution in [2.24, 2.45) is 0 Å². The van der Waals surface area contributed by atoms with Crippen LogP contribution in [0.25, 0.3) is 0 Å². The van der Waals surface area contributed by atoms with Crippen LogP contribution in [0.1, 0.15) is 5.56 Å². The number of methoxy groups -OCH3 is 1. The molecule has 3 aromatic rings. The third-order valence-corrected chi connectivity index (χ3v) is 4.59. The molecule has 2 aromatic carbocycles. The quantitative estimate of drug-likeness (QED) is 0.601. The van der Waals surface area contributed by atoms with Crippen LogP contribution in [0.2, 0.25) is 0 Å². The van der Waals surface area contributed by atoms with Gasteiger partial charge < -0.3 is 14.2 Å². The summed E-state index contributed by atoms with van der Waals surface area (Å²) in [5, 5.41) is 0. The Balaban J connectivity index is 1.91. The molecule has 0 spiro atoms. The molecule has 27 heavy (non-hydrogen) atoms. The fourth-order valence-electron chi connectivity index (χ4n) is 2.71. The van der Waals surface area contributed by atoms with E-state index in [0.29, 0.717) is 12.3 Å². The Labute approximate surface area is 165 Å². The molecule has 0 fully saturated rings. The largest absolute Gasteiger partial charge is 0.497 e. The van der Waals surface area contributed by atoms with Crippen molar-refractivity contribution in [3.05, 3.63) is 93.3 Å². The lowest BCUT2D eigenvalue weighted by molar-refractivity contribution is -0.119. The van der Waals surface area contributed by atoms with Crippen molar-refractivity contribution in [3.8, 4) is 5.75 Å². The molecular weight excluding hydrogens is 408 g/mol. The van der Waals surface area contributed by atoms with Gasteiger partial charge in [-0.25, -0.2) is 0 Å². The molecule has 0 atom stereocenters. The lowest BCUT2D eigenvalue weighted by Gasteiger charge is -2.24. The van der Waals surface area contributed by atoms with Crippen molar-refractivity contribution in [2.45, 2.75) is 13.1 Å². The van der Waals surface area contributed by atoms with E-state index >= 15 is 0 Å². The standard InChI is InChI=1S/C21H19BrN2O3/c1-27-19-10-8-18(9-11-19)24(13-16-5-3-2-4-6-16)21(26)15-23-14-17(22)7-12-20(23)25/h2-12,14H,13,15H2,1H3. The Kier molecular flexibility index (Phi) is 6.08. The molecule has 0 radical (unpaired) electrons. The number of ether oxygens (including phenoxy) is 1. The molecule has 3 rings (SSSR count). The first kappa shape index (κ1) is 18.9. The summed E-state index contributed by atoms with van der Waals surface area (Å²) in [5.74, 6) is 0.540. The number of rotatable bonds is 6. The zero-order valence-corrected chi connectivity index (χ0v) is 16.4. The Hall–Kier alpha value is -2.86. The molecule has 0 aliphatic rings. The molecule has 0 aliphatic heterocycles. The molecule has 1 heterocycles. The summed E-state index contributed by atoms with van der Waals surface area (Å²) in [7, 11) is 1.60. The molecule has 0 saturated carbocycles. The van der Waals surface area contributed by atoms with Gasteiger partial charge >= 0.3 is 0 Å². The number of hydrogen-bond donors (Lipinski definition) is 0. The number of pyridine rings is 1. The number of anilines is 1. The van der Waals surface area contributed by atoms with Gasteiger partial charge in [0.25, 0.3) is 5.56 Å². The highest BCUT2D eigenvalue weighted by Gasteiger charge is 2.17. The topological polar surface area (TPSA) is 51.5 Å². The molecule has 0 N–H and O–H groups in total. The number of nitrogens with zero attached hydrogens (tertiary/aromatic N) is 2. The second kappa shape index (κ2) is 8.68. The number of halogens is 1. The predicted octanol–water partition coefficient (Wildman–Crippen LogP) is 3.85. The lowest BCUT2D eigenvalue weighted by atomic mass is 10.2. The molecule has 0 aliphatic carbocycles. The number of hydrogen-bond acceptors (Lipinski definition) is 3. The Bertz CT molecular complexity index is 969. The summed E-state index contributed by atoms with van der Waals surface area (Å²) in [6, 6.07) is 20.1. The van der Waals surface area contributed by atoms with E-state index in [9.17, 15) is 9.59 Å². The van der Waals surface area contributed by atoms with Crippen LogP contribution in [0, 0.1) is 0 Å². The SMILES string of the molecule is COc1ccc(N(Cc2ccccc2)C(=O)Cn2cc(Br)ccc2=O)cc1. The number of amides is 1. The van der Waals surface area contributed by atoms with Gasteiger partial charge in [-0.3, -0.25) is 9.59 Å². The van der Waals surface area contributed by atoms with Gasteiger partial charge in [0.05, 0.1) is 13.7 Å². The van der Waals surface area contributed by atoms with Gasteiger partial charge in [0.2, 0.25) is 5.91 Å². The van der Waals surface area contributed by atoms with E-state index in [1.807, 2.05) is 54.6 Å². The van der Waals surface area contributed by atoms with Crippen molar-refractivity contribution in [3.63, 3.8) is 0 Å². The van der Waals surface area contributed by atoms with E-state index < -0.39 is 0 Å². The normalized spacial score (nSPS) is 10.4.